The van der Waals surface area contributed by atoms with Crippen LogP contribution < -0.4 is 0 Å². The SMILES string of the molecule is O=[Si](O)OO.[NaH]. The molecule has 0 spiro atoms. The van der Waals surface area contributed by atoms with Crippen LogP contribution in [-0.2, 0) is 9.04 Å². The Hall–Kier alpha value is 0.577. The van der Waals surface area contributed by atoms with Crippen LogP contribution in [0.3, 0.4) is 0 Å². The summed E-state index contributed by atoms with van der Waals surface area (Å²) in [6, 6.07) is 0. The van der Waals surface area contributed by atoms with Crippen molar-refractivity contribution in [3.05, 3.63) is 0 Å². The summed E-state index contributed by atoms with van der Waals surface area (Å²) in [6.45, 7) is 0. The molecule has 0 aromatic heterocycles. The van der Waals surface area contributed by atoms with E-state index in [2.05, 4.69) is 4.58 Å². The Balaban J connectivity index is 0. The standard InChI is InChI=1S/Na.H2O4Si.H/c;1-4-5(2)3;/h;1-2H;. The zero-order chi connectivity index (χ0) is 4.28. The summed E-state index contributed by atoms with van der Waals surface area (Å²) in [4.78, 5) is 7.44. The molecule has 0 aliphatic rings. The molecular weight excluding hydrogens is 115 g/mol. The fourth-order valence-electron chi connectivity index (χ4n) is 0. The normalized spacial score (nSPS) is 5.50. The Morgan fingerprint density at radius 1 is 1.67 bits per heavy atom. The number of hydrogen-bond acceptors (Lipinski definition) is 3. The van der Waals surface area contributed by atoms with Gasteiger partial charge in [0.2, 0.25) is 0 Å². The van der Waals surface area contributed by atoms with Crippen LogP contribution in [0.5, 0.6) is 0 Å². The first-order valence-electron chi connectivity index (χ1n) is 0.814. The van der Waals surface area contributed by atoms with Crippen molar-refractivity contribution >= 4 is 38.7 Å². The van der Waals surface area contributed by atoms with Gasteiger partial charge in [-0.3, -0.25) is 4.46 Å². The zero-order valence-electron chi connectivity index (χ0n) is 2.21. The third-order valence-electron chi connectivity index (χ3n) is 0.0781. The van der Waals surface area contributed by atoms with Crippen LogP contribution in [0.2, 0.25) is 0 Å². The predicted octanol–water partition coefficient (Wildman–Crippen LogP) is -1.76. The van der Waals surface area contributed by atoms with E-state index in [0.717, 1.165) is 0 Å². The first-order valence-corrected chi connectivity index (χ1v) is 2.08. The number of hydrogen-bond donors (Lipinski definition) is 2. The fraction of sp³-hybridized carbons (Fsp3) is 0. The Labute approximate surface area is 57.9 Å². The average Bonchev–Trinajstić information content (AvgIpc) is 1.38. The van der Waals surface area contributed by atoms with Gasteiger partial charge in [-0.15, -0.1) is 0 Å². The average molecular weight is 118 g/mol. The minimum absolute atomic E-state index is 0. The van der Waals surface area contributed by atoms with Gasteiger partial charge in [0.1, 0.15) is 0 Å². The zero-order valence-corrected chi connectivity index (χ0v) is 3.21. The van der Waals surface area contributed by atoms with Crippen LogP contribution in [0.15, 0.2) is 0 Å². The second-order valence-corrected chi connectivity index (χ2v) is 1.07. The molecule has 0 aliphatic carbocycles. The van der Waals surface area contributed by atoms with E-state index in [4.69, 9.17) is 14.5 Å². The second kappa shape index (κ2) is 5.58. The van der Waals surface area contributed by atoms with Gasteiger partial charge in [0.15, 0.2) is 0 Å². The Kier molecular flexibility index (Phi) is 9.08. The first kappa shape index (κ1) is 9.76. The van der Waals surface area contributed by atoms with Crippen molar-refractivity contribution in [3.63, 3.8) is 0 Å². The maximum absolute atomic E-state index is 9.08. The van der Waals surface area contributed by atoms with Crippen molar-refractivity contribution in [2.45, 2.75) is 0 Å². The summed E-state index contributed by atoms with van der Waals surface area (Å²) in [7, 11) is -3.07. The van der Waals surface area contributed by atoms with Crippen LogP contribution in [0, 0.1) is 0 Å². The fourth-order valence-corrected chi connectivity index (χ4v) is 0. The van der Waals surface area contributed by atoms with Crippen molar-refractivity contribution in [1.29, 1.82) is 0 Å². The molecule has 6 heavy (non-hydrogen) atoms. The first-order chi connectivity index (χ1) is 2.27. The van der Waals surface area contributed by atoms with Crippen LogP contribution in [0.4, 0.5) is 0 Å². The summed E-state index contributed by atoms with van der Waals surface area (Å²) in [6.07, 6.45) is 0. The van der Waals surface area contributed by atoms with Crippen LogP contribution >= 0.6 is 0 Å². The molecule has 0 saturated heterocycles. The van der Waals surface area contributed by atoms with E-state index in [1.54, 1.807) is 0 Å². The van der Waals surface area contributed by atoms with Gasteiger partial charge in [0.25, 0.3) is 0 Å². The van der Waals surface area contributed by atoms with Crippen LogP contribution in [0.25, 0.3) is 0 Å². The van der Waals surface area contributed by atoms with Gasteiger partial charge in [-0.05, 0) is 0 Å². The van der Waals surface area contributed by atoms with E-state index >= 15 is 0 Å². The van der Waals surface area contributed by atoms with Gasteiger partial charge < -0.3 is 9.37 Å². The maximum atomic E-state index is 9.08. The summed E-state index contributed by atoms with van der Waals surface area (Å²) in [5, 5.41) is 7.13. The van der Waals surface area contributed by atoms with Gasteiger partial charge in [-0.25, -0.2) is 5.26 Å². The molecule has 0 saturated carbocycles. The van der Waals surface area contributed by atoms with E-state index in [1.807, 2.05) is 0 Å². The topological polar surface area (TPSA) is 66.8 Å². The van der Waals surface area contributed by atoms with E-state index in [1.165, 1.54) is 0 Å². The molecule has 4 nitrogen and oxygen atoms in total. The van der Waals surface area contributed by atoms with Gasteiger partial charge in [-0.1, -0.05) is 0 Å². The molecule has 0 unspecified atom stereocenters. The van der Waals surface area contributed by atoms with Crippen LogP contribution in [-0.4, -0.2) is 48.8 Å². The van der Waals surface area contributed by atoms with Crippen molar-refractivity contribution in [2.75, 3.05) is 0 Å². The summed E-state index contributed by atoms with van der Waals surface area (Å²) < 4.78 is 11.9. The molecule has 0 aromatic rings. The second-order valence-electron chi connectivity index (χ2n) is 0.357. The molecule has 0 radical (unpaired) electrons. The monoisotopic (exact) mass is 118 g/mol. The molecule has 2 N–H and O–H groups in total. The molecule has 0 rings (SSSR count). The van der Waals surface area contributed by atoms with E-state index in [-0.39, 0.29) is 29.6 Å². The summed E-state index contributed by atoms with van der Waals surface area (Å²) in [5.41, 5.74) is 0. The summed E-state index contributed by atoms with van der Waals surface area (Å²) in [5.74, 6) is 0. The summed E-state index contributed by atoms with van der Waals surface area (Å²) >= 11 is 0. The Bertz CT molecular complexity index is 42.8. The molecular formula is H3NaO4Si. The predicted molar refractivity (Wildman–Crippen MR) is 19.5 cm³/mol. The minimum atomic E-state index is -3.07. The van der Waals surface area contributed by atoms with E-state index in [9.17, 15) is 0 Å². The van der Waals surface area contributed by atoms with Crippen molar-refractivity contribution in [2.24, 2.45) is 0 Å². The van der Waals surface area contributed by atoms with Crippen molar-refractivity contribution in [3.8, 4) is 0 Å². The molecule has 0 aromatic carbocycles. The van der Waals surface area contributed by atoms with Gasteiger partial charge in [-0.2, -0.15) is 0 Å². The molecule has 0 heterocycles. The van der Waals surface area contributed by atoms with Crippen LogP contribution in [0.1, 0.15) is 0 Å². The Morgan fingerprint density at radius 3 is 1.83 bits per heavy atom. The number of rotatable bonds is 1. The molecule has 0 fully saturated rings. The van der Waals surface area contributed by atoms with Gasteiger partial charge in [0.05, 0.1) is 0 Å². The van der Waals surface area contributed by atoms with E-state index < -0.39 is 9.17 Å². The molecule has 0 aliphatic heterocycles. The molecule has 0 amide bonds. The molecule has 32 valence electrons. The van der Waals surface area contributed by atoms with Crippen molar-refractivity contribution in [1.82, 2.24) is 0 Å². The Morgan fingerprint density at radius 2 is 1.83 bits per heavy atom. The van der Waals surface area contributed by atoms with Gasteiger partial charge in [0, 0.05) is 0 Å². The van der Waals surface area contributed by atoms with E-state index in [0.29, 0.717) is 0 Å². The third-order valence-corrected chi connectivity index (χ3v) is 0.234. The quantitative estimate of drug-likeness (QED) is 0.243. The van der Waals surface area contributed by atoms with Crippen molar-refractivity contribution < 1.29 is 19.1 Å². The molecule has 0 atom stereocenters. The third kappa shape index (κ3) is 8.82. The molecule has 0 bridgehead atoms. The van der Waals surface area contributed by atoms with Gasteiger partial charge >= 0.3 is 38.7 Å². The molecule has 6 heteroatoms.